The molecule has 0 bridgehead atoms. The first-order valence-electron chi connectivity index (χ1n) is 11.0. The summed E-state index contributed by atoms with van der Waals surface area (Å²) in [4.78, 5) is 2.19. The van der Waals surface area contributed by atoms with Gasteiger partial charge in [-0.3, -0.25) is 0 Å². The van der Waals surface area contributed by atoms with Crippen molar-refractivity contribution in [1.29, 1.82) is 0 Å². The van der Waals surface area contributed by atoms with E-state index < -0.39 is 0 Å². The molecule has 5 rings (SSSR count). The van der Waals surface area contributed by atoms with Gasteiger partial charge in [0.1, 0.15) is 0 Å². The molecule has 33 heavy (non-hydrogen) atoms. The Morgan fingerprint density at radius 1 is 0.394 bits per heavy atom. The quantitative estimate of drug-likeness (QED) is 0.283. The molecule has 4 N–H and O–H groups in total. The van der Waals surface area contributed by atoms with Crippen LogP contribution in [0, 0.1) is 0 Å². The van der Waals surface area contributed by atoms with Crippen molar-refractivity contribution in [1.82, 2.24) is 0 Å². The lowest BCUT2D eigenvalue weighted by Crippen LogP contribution is -2.11. The van der Waals surface area contributed by atoms with Crippen molar-refractivity contribution in [3.63, 3.8) is 0 Å². The first-order valence-corrected chi connectivity index (χ1v) is 11.0. The Balaban J connectivity index is 1.73. The largest absolute Gasteiger partial charge is 0.399 e. The summed E-state index contributed by atoms with van der Waals surface area (Å²) in [5.41, 5.74) is 21.4. The number of benzene rings is 5. The monoisotopic (exact) mass is 427 g/mol. The van der Waals surface area contributed by atoms with Gasteiger partial charge in [-0.05, 0) is 70.8 Å². The second-order valence-electron chi connectivity index (χ2n) is 7.99. The predicted octanol–water partition coefficient (Wildman–Crippen LogP) is 7.65. The number of nitrogen functional groups attached to an aromatic ring is 2. The number of nitrogens with two attached hydrogens (primary N) is 2. The fourth-order valence-corrected chi connectivity index (χ4v) is 4.17. The van der Waals surface area contributed by atoms with Crippen LogP contribution in [0.3, 0.4) is 0 Å². The first-order chi connectivity index (χ1) is 16.2. The molecule has 0 aliphatic carbocycles. The molecule has 0 fully saturated rings. The zero-order valence-corrected chi connectivity index (χ0v) is 18.2. The van der Waals surface area contributed by atoms with Gasteiger partial charge in [-0.2, -0.15) is 0 Å². The maximum Gasteiger partial charge on any atom is 0.0482 e. The topological polar surface area (TPSA) is 55.3 Å². The lowest BCUT2D eigenvalue weighted by molar-refractivity contribution is 1.28. The standard InChI is InChI=1S/C30H25N3/c31-24-13-7-15-26(19-24)33(27-16-8-14-25(32)20-27)28-17-18-29(22-9-3-1-4-10-22)30(21-28)23-11-5-2-6-12-23/h1-21H,31-32H2. The van der Waals surface area contributed by atoms with Crippen LogP contribution in [0.5, 0.6) is 0 Å². The maximum absolute atomic E-state index is 6.15. The van der Waals surface area contributed by atoms with Gasteiger partial charge in [0, 0.05) is 28.4 Å². The van der Waals surface area contributed by atoms with Gasteiger partial charge in [0.25, 0.3) is 0 Å². The molecular weight excluding hydrogens is 402 g/mol. The van der Waals surface area contributed by atoms with Crippen LogP contribution in [-0.2, 0) is 0 Å². The van der Waals surface area contributed by atoms with Crippen LogP contribution in [-0.4, -0.2) is 0 Å². The van der Waals surface area contributed by atoms with E-state index in [1.165, 1.54) is 16.7 Å². The zero-order valence-electron chi connectivity index (χ0n) is 18.2. The van der Waals surface area contributed by atoms with E-state index in [0.29, 0.717) is 11.4 Å². The molecule has 0 radical (unpaired) electrons. The minimum Gasteiger partial charge on any atom is -0.399 e. The van der Waals surface area contributed by atoms with E-state index in [1.807, 2.05) is 48.5 Å². The van der Waals surface area contributed by atoms with Crippen molar-refractivity contribution in [2.75, 3.05) is 16.4 Å². The molecule has 0 aliphatic heterocycles. The summed E-state index contributed by atoms with van der Waals surface area (Å²) in [6.45, 7) is 0. The normalized spacial score (nSPS) is 10.7. The van der Waals surface area contributed by atoms with E-state index in [0.717, 1.165) is 22.6 Å². The molecule has 0 amide bonds. The lowest BCUT2D eigenvalue weighted by Gasteiger charge is -2.27. The zero-order chi connectivity index (χ0) is 22.6. The van der Waals surface area contributed by atoms with E-state index in [1.54, 1.807) is 0 Å². The van der Waals surface area contributed by atoms with E-state index >= 15 is 0 Å². The molecule has 160 valence electrons. The molecule has 0 aromatic heterocycles. The second-order valence-corrected chi connectivity index (χ2v) is 7.99. The van der Waals surface area contributed by atoms with Crippen molar-refractivity contribution in [3.8, 4) is 22.3 Å². The van der Waals surface area contributed by atoms with Crippen LogP contribution in [0.15, 0.2) is 127 Å². The van der Waals surface area contributed by atoms with E-state index in [-0.39, 0.29) is 0 Å². The molecule has 0 unspecified atom stereocenters. The van der Waals surface area contributed by atoms with Crippen LogP contribution >= 0.6 is 0 Å². The highest BCUT2D eigenvalue weighted by Crippen LogP contribution is 2.41. The van der Waals surface area contributed by atoms with Gasteiger partial charge in [-0.1, -0.05) is 78.9 Å². The molecule has 5 aromatic rings. The summed E-state index contributed by atoms with van der Waals surface area (Å²) < 4.78 is 0. The summed E-state index contributed by atoms with van der Waals surface area (Å²) in [5, 5.41) is 0. The molecule has 3 nitrogen and oxygen atoms in total. The third-order valence-corrected chi connectivity index (χ3v) is 5.69. The van der Waals surface area contributed by atoms with Crippen molar-refractivity contribution >= 4 is 28.4 Å². The second kappa shape index (κ2) is 8.93. The first kappa shape index (κ1) is 20.4. The summed E-state index contributed by atoms with van der Waals surface area (Å²) in [6.07, 6.45) is 0. The smallest absolute Gasteiger partial charge is 0.0482 e. The van der Waals surface area contributed by atoms with Crippen LogP contribution in [0.1, 0.15) is 0 Å². The minimum atomic E-state index is 0.714. The molecule has 0 heterocycles. The average Bonchev–Trinajstić information content (AvgIpc) is 2.85. The fraction of sp³-hybridized carbons (Fsp3) is 0. The Labute approximate surface area is 194 Å². The Bertz CT molecular complexity index is 1330. The Hall–Kier alpha value is -4.50. The van der Waals surface area contributed by atoms with E-state index in [4.69, 9.17) is 11.5 Å². The van der Waals surface area contributed by atoms with Gasteiger partial charge in [0.05, 0.1) is 0 Å². The molecule has 0 aliphatic rings. The van der Waals surface area contributed by atoms with Gasteiger partial charge < -0.3 is 16.4 Å². The summed E-state index contributed by atoms with van der Waals surface area (Å²) >= 11 is 0. The van der Waals surface area contributed by atoms with E-state index in [2.05, 4.69) is 83.8 Å². The Kier molecular flexibility index (Phi) is 5.52. The molecule has 0 spiro atoms. The summed E-state index contributed by atoms with van der Waals surface area (Å²) in [6, 6.07) is 43.4. The van der Waals surface area contributed by atoms with Gasteiger partial charge in [-0.15, -0.1) is 0 Å². The van der Waals surface area contributed by atoms with Gasteiger partial charge >= 0.3 is 0 Å². The predicted molar refractivity (Wildman–Crippen MR) is 141 cm³/mol. The molecule has 3 heteroatoms. The van der Waals surface area contributed by atoms with Crippen LogP contribution in [0.25, 0.3) is 22.3 Å². The fourth-order valence-electron chi connectivity index (χ4n) is 4.17. The third-order valence-electron chi connectivity index (χ3n) is 5.69. The number of nitrogens with zero attached hydrogens (tertiary/aromatic N) is 1. The van der Waals surface area contributed by atoms with E-state index in [9.17, 15) is 0 Å². The molecule has 5 aromatic carbocycles. The summed E-state index contributed by atoms with van der Waals surface area (Å²) in [7, 11) is 0. The van der Waals surface area contributed by atoms with Gasteiger partial charge in [0.15, 0.2) is 0 Å². The van der Waals surface area contributed by atoms with Crippen molar-refractivity contribution < 1.29 is 0 Å². The number of rotatable bonds is 5. The van der Waals surface area contributed by atoms with Crippen LogP contribution < -0.4 is 16.4 Å². The van der Waals surface area contributed by atoms with Crippen molar-refractivity contribution in [3.05, 3.63) is 127 Å². The maximum atomic E-state index is 6.15. The number of hydrogen-bond donors (Lipinski definition) is 2. The minimum absolute atomic E-state index is 0.714. The van der Waals surface area contributed by atoms with Gasteiger partial charge in [0.2, 0.25) is 0 Å². The average molecular weight is 428 g/mol. The third kappa shape index (κ3) is 4.30. The van der Waals surface area contributed by atoms with Crippen LogP contribution in [0.2, 0.25) is 0 Å². The van der Waals surface area contributed by atoms with Crippen LogP contribution in [0.4, 0.5) is 28.4 Å². The summed E-state index contributed by atoms with van der Waals surface area (Å²) in [5.74, 6) is 0. The Morgan fingerprint density at radius 3 is 1.39 bits per heavy atom. The Morgan fingerprint density at radius 2 is 0.879 bits per heavy atom. The van der Waals surface area contributed by atoms with Crippen molar-refractivity contribution in [2.24, 2.45) is 0 Å². The highest BCUT2D eigenvalue weighted by Gasteiger charge is 2.16. The highest BCUT2D eigenvalue weighted by atomic mass is 15.1. The molecule has 0 atom stereocenters. The lowest BCUT2D eigenvalue weighted by atomic mass is 9.93. The van der Waals surface area contributed by atoms with Crippen molar-refractivity contribution in [2.45, 2.75) is 0 Å². The number of anilines is 5. The molecule has 0 saturated carbocycles. The molecule has 0 saturated heterocycles. The highest BCUT2D eigenvalue weighted by molar-refractivity contribution is 5.89. The SMILES string of the molecule is Nc1cccc(N(c2cccc(N)c2)c2ccc(-c3ccccc3)c(-c3ccccc3)c2)c1. The van der Waals surface area contributed by atoms with Gasteiger partial charge in [-0.25, -0.2) is 0 Å². The molecular formula is C30H25N3. The number of hydrogen-bond acceptors (Lipinski definition) is 3.